The van der Waals surface area contributed by atoms with E-state index in [-0.39, 0.29) is 0 Å². The van der Waals surface area contributed by atoms with Crippen molar-refractivity contribution in [2.75, 3.05) is 24.9 Å². The number of nitrogens with zero attached hydrogens (tertiary/aromatic N) is 2. The van der Waals surface area contributed by atoms with Crippen LogP contribution in [0.15, 0.2) is 54.6 Å². The van der Waals surface area contributed by atoms with Gasteiger partial charge in [0.25, 0.3) is 0 Å². The second-order valence-corrected chi connectivity index (χ2v) is 6.10. The molecule has 0 amide bonds. The van der Waals surface area contributed by atoms with Crippen molar-refractivity contribution in [1.82, 2.24) is 9.97 Å². The molecule has 27 heavy (non-hydrogen) atoms. The Balaban J connectivity index is 1.65. The van der Waals surface area contributed by atoms with Gasteiger partial charge in [0.2, 0.25) is 5.95 Å². The minimum absolute atomic E-state index is 0.584. The molecular weight excluding hydrogens is 340 g/mol. The van der Waals surface area contributed by atoms with Crippen molar-refractivity contribution in [2.45, 2.75) is 20.0 Å². The molecule has 6 nitrogen and oxygen atoms in total. The van der Waals surface area contributed by atoms with E-state index < -0.39 is 0 Å². The molecule has 0 atom stereocenters. The van der Waals surface area contributed by atoms with Crippen molar-refractivity contribution >= 4 is 11.8 Å². The Morgan fingerprint density at radius 1 is 0.778 bits per heavy atom. The number of methoxy groups -OCH3 is 2. The Morgan fingerprint density at radius 3 is 2.26 bits per heavy atom. The lowest BCUT2D eigenvalue weighted by molar-refractivity contribution is 0.354. The van der Waals surface area contributed by atoms with Crippen LogP contribution in [0.1, 0.15) is 16.8 Å². The van der Waals surface area contributed by atoms with Crippen molar-refractivity contribution < 1.29 is 9.47 Å². The normalized spacial score (nSPS) is 10.3. The maximum absolute atomic E-state index is 5.35. The van der Waals surface area contributed by atoms with Gasteiger partial charge in [-0.05, 0) is 30.2 Å². The van der Waals surface area contributed by atoms with E-state index in [9.17, 15) is 0 Å². The van der Waals surface area contributed by atoms with Crippen LogP contribution in [0.5, 0.6) is 11.5 Å². The molecule has 0 fully saturated rings. The molecule has 0 saturated carbocycles. The number of rotatable bonds is 8. The van der Waals surface area contributed by atoms with Crippen molar-refractivity contribution in [3.63, 3.8) is 0 Å². The molecule has 0 unspecified atom stereocenters. The molecule has 1 heterocycles. The monoisotopic (exact) mass is 364 g/mol. The highest BCUT2D eigenvalue weighted by Gasteiger charge is 2.06. The lowest BCUT2D eigenvalue weighted by Crippen LogP contribution is -2.08. The fourth-order valence-corrected chi connectivity index (χ4v) is 2.70. The standard InChI is InChI=1S/C21H24N4O2/c1-15-11-20(22-13-16-7-5-4-6-8-16)25-21(24-15)23-14-17-9-10-18(26-2)19(12-17)27-3/h4-12H,13-14H2,1-3H3,(H2,22,23,24,25). The zero-order valence-electron chi connectivity index (χ0n) is 15.8. The molecule has 2 N–H and O–H groups in total. The van der Waals surface area contributed by atoms with Gasteiger partial charge in [-0.2, -0.15) is 4.98 Å². The smallest absolute Gasteiger partial charge is 0.225 e. The summed E-state index contributed by atoms with van der Waals surface area (Å²) in [7, 11) is 3.25. The molecule has 0 saturated heterocycles. The van der Waals surface area contributed by atoms with E-state index in [4.69, 9.17) is 9.47 Å². The molecule has 2 aromatic carbocycles. The van der Waals surface area contributed by atoms with Crippen molar-refractivity contribution in [2.24, 2.45) is 0 Å². The van der Waals surface area contributed by atoms with Crippen LogP contribution in [-0.2, 0) is 13.1 Å². The van der Waals surface area contributed by atoms with Gasteiger partial charge in [-0.3, -0.25) is 0 Å². The predicted molar refractivity (Wildman–Crippen MR) is 107 cm³/mol. The first-order chi connectivity index (χ1) is 13.2. The number of anilines is 2. The van der Waals surface area contributed by atoms with Crippen LogP contribution in [0, 0.1) is 6.92 Å². The largest absolute Gasteiger partial charge is 0.493 e. The summed E-state index contributed by atoms with van der Waals surface area (Å²) in [6.45, 7) is 3.26. The van der Waals surface area contributed by atoms with E-state index in [1.165, 1.54) is 5.56 Å². The summed E-state index contributed by atoms with van der Waals surface area (Å²) in [6, 6.07) is 18.0. The summed E-state index contributed by atoms with van der Waals surface area (Å²) < 4.78 is 10.6. The number of hydrogen-bond donors (Lipinski definition) is 2. The van der Waals surface area contributed by atoms with Crippen LogP contribution in [0.4, 0.5) is 11.8 Å². The highest BCUT2D eigenvalue weighted by Crippen LogP contribution is 2.27. The van der Waals surface area contributed by atoms with Gasteiger partial charge in [-0.15, -0.1) is 0 Å². The highest BCUT2D eigenvalue weighted by atomic mass is 16.5. The molecule has 1 aromatic heterocycles. The zero-order valence-corrected chi connectivity index (χ0v) is 15.8. The maximum Gasteiger partial charge on any atom is 0.225 e. The van der Waals surface area contributed by atoms with Gasteiger partial charge in [-0.1, -0.05) is 36.4 Å². The second kappa shape index (κ2) is 8.89. The van der Waals surface area contributed by atoms with Gasteiger partial charge in [0.05, 0.1) is 14.2 Å². The van der Waals surface area contributed by atoms with Gasteiger partial charge >= 0.3 is 0 Å². The molecule has 6 heteroatoms. The van der Waals surface area contributed by atoms with Crippen molar-refractivity contribution in [3.05, 3.63) is 71.4 Å². The first kappa shape index (κ1) is 18.5. The fourth-order valence-electron chi connectivity index (χ4n) is 2.70. The van der Waals surface area contributed by atoms with Crippen molar-refractivity contribution in [1.29, 1.82) is 0 Å². The van der Waals surface area contributed by atoms with Gasteiger partial charge in [0, 0.05) is 24.8 Å². The molecule has 3 rings (SSSR count). The summed E-state index contributed by atoms with van der Waals surface area (Å²) in [5.41, 5.74) is 3.15. The van der Waals surface area contributed by atoms with E-state index in [0.717, 1.165) is 17.1 Å². The highest BCUT2D eigenvalue weighted by molar-refractivity contribution is 5.45. The second-order valence-electron chi connectivity index (χ2n) is 6.10. The molecule has 3 aromatic rings. The summed E-state index contributed by atoms with van der Waals surface area (Å²) in [5, 5.41) is 6.62. The Labute approximate surface area is 159 Å². The van der Waals surface area contributed by atoms with Gasteiger partial charge in [-0.25, -0.2) is 4.98 Å². The average molecular weight is 364 g/mol. The summed E-state index contributed by atoms with van der Waals surface area (Å²) in [6.07, 6.45) is 0. The predicted octanol–water partition coefficient (Wildman–Crippen LogP) is 4.03. The Hall–Kier alpha value is -3.28. The number of nitrogens with one attached hydrogen (secondary N) is 2. The number of benzene rings is 2. The Kier molecular flexibility index (Phi) is 6.10. The lowest BCUT2D eigenvalue weighted by atomic mass is 10.2. The SMILES string of the molecule is COc1ccc(CNc2nc(C)cc(NCc3ccccc3)n2)cc1OC. The minimum atomic E-state index is 0.584. The molecule has 0 spiro atoms. The fraction of sp³-hybridized carbons (Fsp3) is 0.238. The number of aromatic nitrogens is 2. The van der Waals surface area contributed by atoms with Crippen LogP contribution in [0.2, 0.25) is 0 Å². The third-order valence-electron chi connectivity index (χ3n) is 4.07. The molecular formula is C21H24N4O2. The molecule has 0 bridgehead atoms. The average Bonchev–Trinajstić information content (AvgIpc) is 2.71. The zero-order chi connectivity index (χ0) is 19.1. The van der Waals surface area contributed by atoms with Crippen LogP contribution in [-0.4, -0.2) is 24.2 Å². The topological polar surface area (TPSA) is 68.3 Å². The molecule has 0 radical (unpaired) electrons. The molecule has 140 valence electrons. The van der Waals surface area contributed by atoms with Gasteiger partial charge in [0.1, 0.15) is 5.82 Å². The Morgan fingerprint density at radius 2 is 1.52 bits per heavy atom. The van der Waals surface area contributed by atoms with Crippen LogP contribution in [0.25, 0.3) is 0 Å². The molecule has 0 aliphatic heterocycles. The van der Waals surface area contributed by atoms with Gasteiger partial charge < -0.3 is 20.1 Å². The molecule has 0 aliphatic carbocycles. The third kappa shape index (κ3) is 5.10. The van der Waals surface area contributed by atoms with Crippen molar-refractivity contribution in [3.8, 4) is 11.5 Å². The van der Waals surface area contributed by atoms with Crippen LogP contribution < -0.4 is 20.1 Å². The quantitative estimate of drug-likeness (QED) is 0.629. The van der Waals surface area contributed by atoms with Crippen LogP contribution >= 0.6 is 0 Å². The number of ether oxygens (including phenoxy) is 2. The lowest BCUT2D eigenvalue weighted by Gasteiger charge is -2.12. The third-order valence-corrected chi connectivity index (χ3v) is 4.07. The van der Waals surface area contributed by atoms with E-state index in [1.807, 2.05) is 49.4 Å². The number of aryl methyl sites for hydroxylation is 1. The van der Waals surface area contributed by atoms with E-state index in [1.54, 1.807) is 14.2 Å². The van der Waals surface area contributed by atoms with E-state index >= 15 is 0 Å². The first-order valence-corrected chi connectivity index (χ1v) is 8.76. The number of hydrogen-bond acceptors (Lipinski definition) is 6. The summed E-state index contributed by atoms with van der Waals surface area (Å²) in [5.74, 6) is 2.79. The first-order valence-electron chi connectivity index (χ1n) is 8.76. The molecule has 0 aliphatic rings. The van der Waals surface area contributed by atoms with Crippen LogP contribution in [0.3, 0.4) is 0 Å². The van der Waals surface area contributed by atoms with E-state index in [0.29, 0.717) is 30.5 Å². The summed E-state index contributed by atoms with van der Waals surface area (Å²) >= 11 is 0. The minimum Gasteiger partial charge on any atom is -0.493 e. The Bertz CT molecular complexity index is 885. The van der Waals surface area contributed by atoms with Gasteiger partial charge in [0.15, 0.2) is 11.5 Å². The summed E-state index contributed by atoms with van der Waals surface area (Å²) in [4.78, 5) is 9.01. The van der Waals surface area contributed by atoms with E-state index in [2.05, 4.69) is 32.7 Å². The maximum atomic E-state index is 5.35.